The average Bonchev–Trinajstić information content (AvgIpc) is 1.48. The van der Waals surface area contributed by atoms with Crippen molar-refractivity contribution in [2.24, 2.45) is 5.92 Å². The van der Waals surface area contributed by atoms with E-state index in [0.717, 1.165) is 65.8 Å². The highest BCUT2D eigenvalue weighted by Crippen LogP contribution is 2.72. The number of thiophene rings is 6. The van der Waals surface area contributed by atoms with Gasteiger partial charge in [0.15, 0.2) is 11.6 Å². The number of aryl methyl sites for hydroxylation is 4. The van der Waals surface area contributed by atoms with Gasteiger partial charge in [0.25, 0.3) is 5.70 Å². The zero-order chi connectivity index (χ0) is 72.8. The molecule has 6 aromatic carbocycles. The summed E-state index contributed by atoms with van der Waals surface area (Å²) in [6.45, 7) is 17.3. The molecule has 526 valence electrons. The van der Waals surface area contributed by atoms with Crippen molar-refractivity contribution in [3.8, 4) is 37.7 Å². The maximum Gasteiger partial charge on any atom is 0.266 e. The molecule has 12 aromatic rings. The van der Waals surface area contributed by atoms with Crippen molar-refractivity contribution < 1.29 is 9.59 Å². The van der Waals surface area contributed by atoms with Gasteiger partial charge in [-0.2, -0.15) is 10.5 Å². The van der Waals surface area contributed by atoms with Crippen molar-refractivity contribution in [1.29, 1.82) is 15.8 Å². The average molecular weight is 1490 g/mol. The number of fused-ring (bicyclic) bond motifs is 15. The van der Waals surface area contributed by atoms with Gasteiger partial charge in [-0.15, -0.1) is 68.0 Å². The molecule has 12 heteroatoms. The lowest BCUT2D eigenvalue weighted by Crippen LogP contribution is -2.29. The maximum atomic E-state index is 14.7. The quantitative estimate of drug-likeness (QED) is 0.0220. The molecular formula is C94H82N4O2S6. The largest absolute Gasteiger partial charge is 0.294 e. The van der Waals surface area contributed by atoms with Crippen LogP contribution < -0.4 is 0 Å². The fourth-order valence-corrected chi connectivity index (χ4v) is 26.6. The van der Waals surface area contributed by atoms with Gasteiger partial charge >= 0.3 is 0 Å². The molecule has 0 saturated heterocycles. The van der Waals surface area contributed by atoms with Crippen molar-refractivity contribution in [2.45, 2.75) is 173 Å². The summed E-state index contributed by atoms with van der Waals surface area (Å²) < 4.78 is 7.31. The van der Waals surface area contributed by atoms with Gasteiger partial charge in [0.2, 0.25) is 0 Å². The van der Waals surface area contributed by atoms with Crippen LogP contribution in [0.5, 0.6) is 0 Å². The minimum atomic E-state index is -0.798. The van der Waals surface area contributed by atoms with Crippen LogP contribution in [0.3, 0.4) is 0 Å². The first-order valence-electron chi connectivity index (χ1n) is 38.2. The summed E-state index contributed by atoms with van der Waals surface area (Å²) in [6, 6.07) is 64.8. The summed E-state index contributed by atoms with van der Waals surface area (Å²) in [7, 11) is 0. The van der Waals surface area contributed by atoms with Crippen molar-refractivity contribution in [3.05, 3.63) is 285 Å². The van der Waals surface area contributed by atoms with Crippen LogP contribution in [-0.4, -0.2) is 11.6 Å². The van der Waals surface area contributed by atoms with Crippen LogP contribution in [0.2, 0.25) is 0 Å². The van der Waals surface area contributed by atoms with Crippen LogP contribution in [0.15, 0.2) is 175 Å². The molecule has 4 aliphatic carbocycles. The van der Waals surface area contributed by atoms with Crippen molar-refractivity contribution in [1.82, 2.24) is 0 Å². The van der Waals surface area contributed by atoms with Gasteiger partial charge < -0.3 is 0 Å². The zero-order valence-corrected chi connectivity index (χ0v) is 65.5. The van der Waals surface area contributed by atoms with Crippen LogP contribution >= 0.6 is 68.0 Å². The summed E-state index contributed by atoms with van der Waals surface area (Å²) >= 11 is 11.2. The van der Waals surface area contributed by atoms with E-state index < -0.39 is 16.7 Å². The first-order chi connectivity index (χ1) is 52.1. The number of allylic oxidation sites excluding steroid dienone is 5. The molecule has 0 amide bonds. The normalized spacial score (nSPS) is 15.8. The number of Topliss-reactive ketones (excluding diaryl/α,β-unsaturated/α-hetero) is 2. The van der Waals surface area contributed by atoms with Crippen LogP contribution in [0, 0.1) is 46.5 Å². The molecule has 6 aromatic heterocycles. The highest BCUT2D eigenvalue weighted by atomic mass is 32.1. The third-order valence-corrected chi connectivity index (χ3v) is 30.5. The molecule has 0 radical (unpaired) electrons. The summed E-state index contributed by atoms with van der Waals surface area (Å²) in [4.78, 5) is 40.2. The predicted molar refractivity (Wildman–Crippen MR) is 446 cm³/mol. The van der Waals surface area contributed by atoms with Crippen molar-refractivity contribution in [2.75, 3.05) is 0 Å². The number of carbonyl (C=O) groups is 2. The molecule has 0 saturated carbocycles. The first-order valence-corrected chi connectivity index (χ1v) is 43.1. The van der Waals surface area contributed by atoms with E-state index in [1.807, 2.05) is 93.9 Å². The zero-order valence-electron chi connectivity index (χ0n) is 60.6. The third-order valence-electron chi connectivity index (χ3n) is 22.8. The number of nitrogens with zero attached hydrogens (tertiary/aromatic N) is 4. The monoisotopic (exact) mass is 1490 g/mol. The van der Waals surface area contributed by atoms with E-state index in [9.17, 15) is 25.4 Å². The standard InChI is InChI=1S/C94H82N4O2S6/c1-6-10-14-18-26-57-34-42-62(43-35-57)93(63-44-36-58(37-45-63)27-19-15-11-7-2)79-85-75(52-66(101-85)50-72-77(61(54-95)55-96)68-30-22-24-32-70(68)83(72)99)103-87(79)89-81(93)91-92(105-89)82-90(106-91)88-80(86-76(104-88)53-67(102-86)51-73-78(74(56-97)98-5)69-31-23-25-33-71(69)84(73)100)94(82,64-46-38-59(39-47-64)28-20-16-12-8-3)65-48-40-60(41-49-65)29-21-17-13-9-4/h22-25,30-50,52-53,73H,6-21,26-29,51H2,1-4H3/b72-50-,78-74+. The minimum Gasteiger partial charge on any atom is -0.294 e. The van der Waals surface area contributed by atoms with E-state index >= 15 is 0 Å². The van der Waals surface area contributed by atoms with E-state index in [-0.39, 0.29) is 22.8 Å². The fraction of sp³-hybridized carbons (Fsp3) is 0.298. The second-order valence-electron chi connectivity index (χ2n) is 29.2. The van der Waals surface area contributed by atoms with Crippen LogP contribution in [0.25, 0.3) is 69.8 Å². The second-order valence-corrected chi connectivity index (χ2v) is 35.6. The minimum absolute atomic E-state index is 0.0189. The Hall–Kier alpha value is -9.18. The number of hydrogen-bond donors (Lipinski definition) is 0. The lowest BCUT2D eigenvalue weighted by Gasteiger charge is -2.34. The molecule has 1 unspecified atom stereocenters. The molecular weight excluding hydrogens is 1410 g/mol. The Bertz CT molecular complexity index is 5580. The van der Waals surface area contributed by atoms with E-state index in [0.29, 0.717) is 45.4 Å². The van der Waals surface area contributed by atoms with Crippen LogP contribution in [0.1, 0.15) is 239 Å². The predicted octanol–water partition coefficient (Wildman–Crippen LogP) is 27.0. The molecule has 0 N–H and O–H groups in total. The van der Waals surface area contributed by atoms with Gasteiger partial charge in [-0.05, 0) is 137 Å². The van der Waals surface area contributed by atoms with Crippen molar-refractivity contribution >= 4 is 125 Å². The van der Waals surface area contributed by atoms with E-state index in [1.165, 1.54) is 187 Å². The van der Waals surface area contributed by atoms with E-state index in [4.69, 9.17) is 6.57 Å². The fourth-order valence-electron chi connectivity index (χ4n) is 17.7. The Morgan fingerprint density at radius 1 is 0.443 bits per heavy atom. The lowest BCUT2D eigenvalue weighted by molar-refractivity contribution is 0.0957. The molecule has 6 heterocycles. The number of benzene rings is 6. The number of ketones is 2. The summed E-state index contributed by atoms with van der Waals surface area (Å²) in [6.07, 6.45) is 25.4. The van der Waals surface area contributed by atoms with Crippen molar-refractivity contribution in [3.63, 3.8) is 0 Å². The Morgan fingerprint density at radius 2 is 0.840 bits per heavy atom. The van der Waals surface area contributed by atoms with Gasteiger partial charge in [0.1, 0.15) is 17.7 Å². The molecule has 0 bridgehead atoms. The number of unbranched alkanes of at least 4 members (excludes halogenated alkanes) is 12. The Morgan fingerprint density at radius 3 is 1.26 bits per heavy atom. The van der Waals surface area contributed by atoms with Crippen LogP contribution in [-0.2, 0) is 42.9 Å². The number of nitriles is 3. The number of hydrogen-bond acceptors (Lipinski definition) is 11. The highest BCUT2D eigenvalue weighted by molar-refractivity contribution is 7.37. The summed E-state index contributed by atoms with van der Waals surface area (Å²) in [5, 5.41) is 31.3. The highest BCUT2D eigenvalue weighted by Gasteiger charge is 2.57. The first kappa shape index (κ1) is 71.1. The molecule has 4 aliphatic rings. The molecule has 6 nitrogen and oxygen atoms in total. The Balaban J connectivity index is 0.958. The van der Waals surface area contributed by atoms with Crippen LogP contribution in [0.4, 0.5) is 0 Å². The SMILES string of the molecule is [C-]#[N+]/C(C#N)=C1\c2ccccc2C(=O)C1Cc1cc2sc3c(c2s1)C(c1ccc(CCCCCC)cc1)(c1ccc(CCCCCC)cc1)c1c-3sc2c3c(sc12)-c1sc2cc(/C=C4\C(=O)c5ccccc5C4=C(C#N)C#N)sc2c1C3(c1ccc(CCCCCC)cc1)c1ccc(CCCCCC)cc1. The van der Waals surface area contributed by atoms with Gasteiger partial charge in [-0.1, -0.05) is 250 Å². The molecule has 0 aliphatic heterocycles. The van der Waals surface area contributed by atoms with Gasteiger partial charge in [0, 0.05) is 69.6 Å². The molecule has 16 rings (SSSR count). The number of carbonyl (C=O) groups excluding carboxylic acids is 2. The summed E-state index contributed by atoms with van der Waals surface area (Å²) in [5.74, 6) is -0.881. The molecule has 0 spiro atoms. The van der Waals surface area contributed by atoms with Gasteiger partial charge in [0.05, 0.1) is 61.8 Å². The maximum absolute atomic E-state index is 14.7. The smallest absolute Gasteiger partial charge is 0.266 e. The summed E-state index contributed by atoms with van der Waals surface area (Å²) in [5.41, 5.74) is 17.6. The molecule has 0 fully saturated rings. The molecule has 1 atom stereocenters. The topological polar surface area (TPSA) is 110 Å². The van der Waals surface area contributed by atoms with E-state index in [1.54, 1.807) is 28.7 Å². The number of rotatable bonds is 27. The van der Waals surface area contributed by atoms with Gasteiger partial charge in [-0.25, -0.2) is 10.1 Å². The van der Waals surface area contributed by atoms with Gasteiger partial charge in [-0.3, -0.25) is 9.59 Å². The second kappa shape index (κ2) is 30.2. The Kier molecular flexibility index (Phi) is 20.3. The Labute approximate surface area is 646 Å². The third kappa shape index (κ3) is 11.9. The van der Waals surface area contributed by atoms with E-state index in [2.05, 4.69) is 160 Å². The molecule has 106 heavy (non-hydrogen) atoms. The lowest BCUT2D eigenvalue weighted by atomic mass is 9.67.